The van der Waals surface area contributed by atoms with E-state index in [4.69, 9.17) is 5.11 Å². The van der Waals surface area contributed by atoms with E-state index in [-0.39, 0.29) is 17.5 Å². The standard InChI is InChI=1S/C16H17NO3S/c1-9-7-14(11(3)21-9)10(2)17-15(18)12-5-4-6-13(8-12)16(19)20/h4-8,10H,1-3H3,(H,17,18)(H,19,20). The van der Waals surface area contributed by atoms with Gasteiger partial charge in [-0.25, -0.2) is 4.79 Å². The summed E-state index contributed by atoms with van der Waals surface area (Å²) in [5.41, 5.74) is 1.56. The Labute approximate surface area is 127 Å². The van der Waals surface area contributed by atoms with Crippen LogP contribution >= 0.6 is 11.3 Å². The first kappa shape index (κ1) is 15.3. The number of carboxylic acid groups (broad SMARTS) is 1. The maximum absolute atomic E-state index is 12.2. The van der Waals surface area contributed by atoms with E-state index in [1.807, 2.05) is 20.8 Å². The Bertz CT molecular complexity index is 691. The predicted molar refractivity (Wildman–Crippen MR) is 83.1 cm³/mol. The van der Waals surface area contributed by atoms with Crippen LogP contribution in [0.5, 0.6) is 0 Å². The summed E-state index contributed by atoms with van der Waals surface area (Å²) < 4.78 is 0. The molecule has 0 radical (unpaired) electrons. The number of hydrogen-bond donors (Lipinski definition) is 2. The molecule has 0 bridgehead atoms. The number of hydrogen-bond acceptors (Lipinski definition) is 3. The van der Waals surface area contributed by atoms with E-state index in [9.17, 15) is 9.59 Å². The number of aromatic carboxylic acids is 1. The molecule has 0 saturated heterocycles. The number of amides is 1. The summed E-state index contributed by atoms with van der Waals surface area (Å²) in [6.07, 6.45) is 0. The van der Waals surface area contributed by atoms with Crippen LogP contribution < -0.4 is 5.32 Å². The van der Waals surface area contributed by atoms with Crippen LogP contribution in [-0.2, 0) is 0 Å². The molecule has 2 N–H and O–H groups in total. The second kappa shape index (κ2) is 6.10. The summed E-state index contributed by atoms with van der Waals surface area (Å²) in [7, 11) is 0. The molecule has 0 aliphatic rings. The van der Waals surface area contributed by atoms with Crippen LogP contribution in [0.2, 0.25) is 0 Å². The van der Waals surface area contributed by atoms with Crippen LogP contribution in [0, 0.1) is 13.8 Å². The molecule has 0 fully saturated rings. The molecule has 2 aromatic rings. The first-order chi connectivity index (χ1) is 9.88. The van der Waals surface area contributed by atoms with E-state index in [0.29, 0.717) is 5.56 Å². The van der Waals surface area contributed by atoms with Gasteiger partial charge in [0.25, 0.3) is 5.91 Å². The molecule has 0 spiro atoms. The van der Waals surface area contributed by atoms with Crippen molar-refractivity contribution in [3.05, 3.63) is 56.8 Å². The molecule has 2 rings (SSSR count). The van der Waals surface area contributed by atoms with Crippen molar-refractivity contribution in [2.45, 2.75) is 26.8 Å². The highest BCUT2D eigenvalue weighted by molar-refractivity contribution is 7.12. The van der Waals surface area contributed by atoms with E-state index in [1.54, 1.807) is 23.5 Å². The summed E-state index contributed by atoms with van der Waals surface area (Å²) in [5, 5.41) is 11.9. The van der Waals surface area contributed by atoms with Crippen LogP contribution in [0.4, 0.5) is 0 Å². The fourth-order valence-corrected chi connectivity index (χ4v) is 3.25. The van der Waals surface area contributed by atoms with Gasteiger partial charge in [0.15, 0.2) is 0 Å². The van der Waals surface area contributed by atoms with Gasteiger partial charge in [-0.15, -0.1) is 11.3 Å². The predicted octanol–water partition coefficient (Wildman–Crippen LogP) is 3.55. The van der Waals surface area contributed by atoms with Crippen molar-refractivity contribution >= 4 is 23.2 Å². The third-order valence-electron chi connectivity index (χ3n) is 3.27. The summed E-state index contributed by atoms with van der Waals surface area (Å²) in [6, 6.07) is 7.99. The van der Waals surface area contributed by atoms with E-state index in [0.717, 1.165) is 5.56 Å². The molecule has 1 unspecified atom stereocenters. The zero-order valence-corrected chi connectivity index (χ0v) is 13.0. The summed E-state index contributed by atoms with van der Waals surface area (Å²) >= 11 is 1.70. The molecule has 0 aliphatic heterocycles. The van der Waals surface area contributed by atoms with Gasteiger partial charge >= 0.3 is 5.97 Å². The zero-order chi connectivity index (χ0) is 15.6. The number of thiophene rings is 1. The first-order valence-corrected chi connectivity index (χ1v) is 7.41. The molecule has 1 aromatic carbocycles. The van der Waals surface area contributed by atoms with Gasteiger partial charge in [0.1, 0.15) is 0 Å². The van der Waals surface area contributed by atoms with Crippen molar-refractivity contribution < 1.29 is 14.7 Å². The fraction of sp³-hybridized carbons (Fsp3) is 0.250. The lowest BCUT2D eigenvalue weighted by molar-refractivity contribution is 0.0697. The highest BCUT2D eigenvalue weighted by Gasteiger charge is 2.16. The lowest BCUT2D eigenvalue weighted by Gasteiger charge is -2.14. The van der Waals surface area contributed by atoms with Gasteiger partial charge < -0.3 is 10.4 Å². The maximum atomic E-state index is 12.2. The van der Waals surface area contributed by atoms with E-state index < -0.39 is 5.97 Å². The average Bonchev–Trinajstić information content (AvgIpc) is 2.77. The normalized spacial score (nSPS) is 12.0. The third-order valence-corrected chi connectivity index (χ3v) is 4.25. The van der Waals surface area contributed by atoms with Gasteiger partial charge in [-0.1, -0.05) is 6.07 Å². The Balaban J connectivity index is 2.16. The van der Waals surface area contributed by atoms with Crippen molar-refractivity contribution in [1.82, 2.24) is 5.32 Å². The lowest BCUT2D eigenvalue weighted by Crippen LogP contribution is -2.26. The van der Waals surface area contributed by atoms with E-state index >= 15 is 0 Å². The van der Waals surface area contributed by atoms with Crippen molar-refractivity contribution in [3.8, 4) is 0 Å². The monoisotopic (exact) mass is 303 g/mol. The van der Waals surface area contributed by atoms with Crippen LogP contribution in [-0.4, -0.2) is 17.0 Å². The summed E-state index contributed by atoms with van der Waals surface area (Å²) in [6.45, 7) is 5.99. The van der Waals surface area contributed by atoms with Gasteiger partial charge in [0.2, 0.25) is 0 Å². The molecule has 1 atom stereocenters. The van der Waals surface area contributed by atoms with Gasteiger partial charge in [-0.3, -0.25) is 4.79 Å². The Morgan fingerprint density at radius 3 is 2.43 bits per heavy atom. The molecule has 0 aliphatic carbocycles. The van der Waals surface area contributed by atoms with Crippen molar-refractivity contribution in [2.75, 3.05) is 0 Å². The first-order valence-electron chi connectivity index (χ1n) is 6.59. The SMILES string of the molecule is Cc1cc(C(C)NC(=O)c2cccc(C(=O)O)c2)c(C)s1. The Kier molecular flexibility index (Phi) is 4.43. The largest absolute Gasteiger partial charge is 0.478 e. The quantitative estimate of drug-likeness (QED) is 0.907. The highest BCUT2D eigenvalue weighted by atomic mass is 32.1. The van der Waals surface area contributed by atoms with Crippen molar-refractivity contribution in [1.29, 1.82) is 0 Å². The highest BCUT2D eigenvalue weighted by Crippen LogP contribution is 2.26. The van der Waals surface area contributed by atoms with Gasteiger partial charge in [0, 0.05) is 15.3 Å². The van der Waals surface area contributed by atoms with E-state index in [2.05, 4.69) is 11.4 Å². The van der Waals surface area contributed by atoms with Crippen molar-refractivity contribution in [2.24, 2.45) is 0 Å². The number of carbonyl (C=O) groups excluding carboxylic acids is 1. The van der Waals surface area contributed by atoms with Crippen LogP contribution in [0.25, 0.3) is 0 Å². The smallest absolute Gasteiger partial charge is 0.335 e. The lowest BCUT2D eigenvalue weighted by atomic mass is 10.1. The van der Waals surface area contributed by atoms with E-state index in [1.165, 1.54) is 21.9 Å². The fourth-order valence-electron chi connectivity index (χ4n) is 2.23. The zero-order valence-electron chi connectivity index (χ0n) is 12.1. The number of aryl methyl sites for hydroxylation is 2. The summed E-state index contributed by atoms with van der Waals surface area (Å²) in [4.78, 5) is 25.5. The molecule has 4 nitrogen and oxygen atoms in total. The number of nitrogens with one attached hydrogen (secondary N) is 1. The second-order valence-corrected chi connectivity index (χ2v) is 6.41. The molecule has 110 valence electrons. The second-order valence-electron chi connectivity index (χ2n) is 4.95. The average molecular weight is 303 g/mol. The maximum Gasteiger partial charge on any atom is 0.335 e. The van der Waals surface area contributed by atoms with Crippen LogP contribution in [0.15, 0.2) is 30.3 Å². The number of carbonyl (C=O) groups is 2. The number of benzene rings is 1. The van der Waals surface area contributed by atoms with Gasteiger partial charge in [-0.05, 0) is 50.6 Å². The van der Waals surface area contributed by atoms with Crippen molar-refractivity contribution in [3.63, 3.8) is 0 Å². The minimum absolute atomic E-state index is 0.109. The molecule has 1 heterocycles. The Hall–Kier alpha value is -2.14. The van der Waals surface area contributed by atoms with Gasteiger partial charge in [0.05, 0.1) is 11.6 Å². The molecular weight excluding hydrogens is 286 g/mol. The van der Waals surface area contributed by atoms with Crippen LogP contribution in [0.3, 0.4) is 0 Å². The number of rotatable bonds is 4. The molecule has 1 aromatic heterocycles. The minimum Gasteiger partial charge on any atom is -0.478 e. The Morgan fingerprint density at radius 1 is 1.19 bits per heavy atom. The number of carboxylic acids is 1. The van der Waals surface area contributed by atoms with Gasteiger partial charge in [-0.2, -0.15) is 0 Å². The molecule has 1 amide bonds. The molecule has 21 heavy (non-hydrogen) atoms. The van der Waals surface area contributed by atoms with Crippen LogP contribution in [0.1, 0.15) is 49.0 Å². The third kappa shape index (κ3) is 3.49. The topological polar surface area (TPSA) is 66.4 Å². The minimum atomic E-state index is -1.04. The molecule has 5 heteroatoms. The molecular formula is C16H17NO3S. The summed E-state index contributed by atoms with van der Waals surface area (Å²) in [5.74, 6) is -1.31. The molecule has 0 saturated carbocycles. The Morgan fingerprint density at radius 2 is 1.86 bits per heavy atom.